The van der Waals surface area contributed by atoms with Crippen molar-refractivity contribution in [2.45, 2.75) is 27.7 Å². The van der Waals surface area contributed by atoms with Gasteiger partial charge < -0.3 is 23.9 Å². The lowest BCUT2D eigenvalue weighted by atomic mass is 10.1. The summed E-state index contributed by atoms with van der Waals surface area (Å²) in [6.07, 6.45) is 0. The molecule has 2 aromatic rings. The van der Waals surface area contributed by atoms with Crippen molar-refractivity contribution in [3.05, 3.63) is 40.3 Å². The Balaban J connectivity index is 1.69. The highest BCUT2D eigenvalue weighted by molar-refractivity contribution is 6.05. The Kier molecular flexibility index (Phi) is 4.89. The average Bonchev–Trinajstić information content (AvgIpc) is 3.15. The number of ketones is 1. The number of furan rings is 1. The van der Waals surface area contributed by atoms with E-state index in [0.717, 1.165) is 0 Å². The van der Waals surface area contributed by atoms with Crippen molar-refractivity contribution < 1.29 is 33.0 Å². The Morgan fingerprint density at radius 1 is 1.07 bits per heavy atom. The quantitative estimate of drug-likeness (QED) is 0.635. The highest BCUT2D eigenvalue weighted by atomic mass is 16.7. The largest absolute Gasteiger partial charge is 0.465 e. The number of aryl methyl sites for hydroxylation is 2. The number of nitrogens with one attached hydrogen (secondary N) is 1. The molecule has 0 unspecified atom stereocenters. The van der Waals surface area contributed by atoms with Crippen molar-refractivity contribution in [2.75, 3.05) is 18.7 Å². The van der Waals surface area contributed by atoms with Gasteiger partial charge in [-0.05, 0) is 33.8 Å². The Hall–Kier alpha value is -3.29. The number of carbonyl (C=O) groups excluding carboxylic acids is 3. The summed E-state index contributed by atoms with van der Waals surface area (Å²) in [6.45, 7) is 6.06. The molecule has 0 radical (unpaired) electrons. The molecule has 142 valence electrons. The summed E-state index contributed by atoms with van der Waals surface area (Å²) in [5.41, 5.74) is 1.52. The standard InChI is InChI=1S/C19H19NO7/c1-9-11(3)27-12(4)18(9)19(23)24-7-17(22)20-14-6-16-15(25-8-26-16)5-13(14)10(2)21/h5-6H,7-8H2,1-4H3,(H,20,22). The van der Waals surface area contributed by atoms with Crippen LogP contribution in [-0.2, 0) is 9.53 Å². The summed E-state index contributed by atoms with van der Waals surface area (Å²) < 4.78 is 21.0. The number of ether oxygens (including phenoxy) is 3. The van der Waals surface area contributed by atoms with E-state index < -0.39 is 18.5 Å². The molecule has 2 heterocycles. The zero-order valence-corrected chi connectivity index (χ0v) is 15.4. The van der Waals surface area contributed by atoms with Crippen molar-refractivity contribution in [1.29, 1.82) is 0 Å². The molecule has 1 aliphatic heterocycles. The molecular weight excluding hydrogens is 354 g/mol. The molecule has 0 atom stereocenters. The van der Waals surface area contributed by atoms with Crippen molar-refractivity contribution >= 4 is 23.3 Å². The molecule has 8 nitrogen and oxygen atoms in total. The van der Waals surface area contributed by atoms with Crippen LogP contribution in [0.2, 0.25) is 0 Å². The number of anilines is 1. The second-order valence-electron chi connectivity index (χ2n) is 6.15. The van der Waals surface area contributed by atoms with Gasteiger partial charge >= 0.3 is 5.97 Å². The molecule has 0 saturated carbocycles. The molecule has 27 heavy (non-hydrogen) atoms. The zero-order valence-electron chi connectivity index (χ0n) is 15.4. The minimum atomic E-state index is -0.644. The first kappa shape index (κ1) is 18.5. The number of esters is 1. The number of hydrogen-bond donors (Lipinski definition) is 1. The molecule has 0 bridgehead atoms. The first-order valence-corrected chi connectivity index (χ1v) is 8.26. The van der Waals surface area contributed by atoms with Crippen molar-refractivity contribution in [1.82, 2.24) is 0 Å². The summed E-state index contributed by atoms with van der Waals surface area (Å²) >= 11 is 0. The van der Waals surface area contributed by atoms with Crippen LogP contribution < -0.4 is 14.8 Å². The number of carbonyl (C=O) groups is 3. The van der Waals surface area contributed by atoms with Crippen LogP contribution in [0.5, 0.6) is 11.5 Å². The normalized spacial score (nSPS) is 12.0. The molecule has 0 fully saturated rings. The summed E-state index contributed by atoms with van der Waals surface area (Å²) in [4.78, 5) is 36.3. The fourth-order valence-electron chi connectivity index (χ4n) is 2.82. The summed E-state index contributed by atoms with van der Waals surface area (Å²) in [7, 11) is 0. The van der Waals surface area contributed by atoms with Gasteiger partial charge in [-0.1, -0.05) is 0 Å². The molecular formula is C19H19NO7. The number of amides is 1. The monoisotopic (exact) mass is 373 g/mol. The number of hydrogen-bond acceptors (Lipinski definition) is 7. The highest BCUT2D eigenvalue weighted by Crippen LogP contribution is 2.37. The molecule has 0 saturated heterocycles. The Labute approximate surface area is 155 Å². The second-order valence-corrected chi connectivity index (χ2v) is 6.15. The predicted octanol–water partition coefficient (Wildman–Crippen LogP) is 2.93. The highest BCUT2D eigenvalue weighted by Gasteiger charge is 2.23. The first-order valence-electron chi connectivity index (χ1n) is 8.26. The molecule has 0 aliphatic carbocycles. The fourth-order valence-corrected chi connectivity index (χ4v) is 2.82. The van der Waals surface area contributed by atoms with Crippen LogP contribution in [0, 0.1) is 20.8 Å². The molecule has 1 aromatic carbocycles. The van der Waals surface area contributed by atoms with Crippen molar-refractivity contribution in [3.8, 4) is 11.5 Å². The average molecular weight is 373 g/mol. The van der Waals surface area contributed by atoms with Crippen LogP contribution in [0.3, 0.4) is 0 Å². The van der Waals surface area contributed by atoms with E-state index >= 15 is 0 Å². The van der Waals surface area contributed by atoms with Crippen LogP contribution in [0.25, 0.3) is 0 Å². The van der Waals surface area contributed by atoms with Gasteiger partial charge in [-0.3, -0.25) is 9.59 Å². The fraction of sp³-hybridized carbons (Fsp3) is 0.316. The molecule has 0 spiro atoms. The lowest BCUT2D eigenvalue weighted by molar-refractivity contribution is -0.119. The summed E-state index contributed by atoms with van der Waals surface area (Å²) in [5, 5.41) is 2.57. The van der Waals surface area contributed by atoms with E-state index in [2.05, 4.69) is 5.32 Å². The molecule has 8 heteroatoms. The minimum Gasteiger partial charge on any atom is -0.465 e. The maximum Gasteiger partial charge on any atom is 0.342 e. The van der Waals surface area contributed by atoms with Gasteiger partial charge in [-0.15, -0.1) is 0 Å². The minimum absolute atomic E-state index is 0.0461. The Bertz CT molecular complexity index is 942. The van der Waals surface area contributed by atoms with Gasteiger partial charge in [0.15, 0.2) is 23.9 Å². The lowest BCUT2D eigenvalue weighted by Gasteiger charge is -2.11. The van der Waals surface area contributed by atoms with Gasteiger partial charge in [0.25, 0.3) is 5.91 Å². The van der Waals surface area contributed by atoms with Gasteiger partial charge in [0.2, 0.25) is 6.79 Å². The van der Waals surface area contributed by atoms with E-state index in [1.165, 1.54) is 19.1 Å². The SMILES string of the molecule is CC(=O)c1cc2c(cc1NC(=O)COC(=O)c1c(C)oc(C)c1C)OCO2. The van der Waals surface area contributed by atoms with E-state index in [1.807, 2.05) is 0 Å². The van der Waals surface area contributed by atoms with Crippen molar-refractivity contribution in [3.63, 3.8) is 0 Å². The van der Waals surface area contributed by atoms with E-state index in [9.17, 15) is 14.4 Å². The summed E-state index contributed by atoms with van der Waals surface area (Å²) in [6, 6.07) is 3.01. The van der Waals surface area contributed by atoms with E-state index in [0.29, 0.717) is 34.1 Å². The maximum absolute atomic E-state index is 12.2. The van der Waals surface area contributed by atoms with Gasteiger partial charge in [0.05, 0.1) is 5.69 Å². The number of fused-ring (bicyclic) bond motifs is 1. The summed E-state index contributed by atoms with van der Waals surface area (Å²) in [5.74, 6) is 0.439. The van der Waals surface area contributed by atoms with Gasteiger partial charge in [-0.2, -0.15) is 0 Å². The van der Waals surface area contributed by atoms with Crippen LogP contribution in [0.1, 0.15) is 44.7 Å². The van der Waals surface area contributed by atoms with E-state index in [-0.39, 0.29) is 23.8 Å². The first-order chi connectivity index (χ1) is 12.8. The number of benzene rings is 1. The Morgan fingerprint density at radius 2 is 1.74 bits per heavy atom. The topological polar surface area (TPSA) is 104 Å². The van der Waals surface area contributed by atoms with Crippen LogP contribution >= 0.6 is 0 Å². The predicted molar refractivity (Wildman–Crippen MR) is 94.4 cm³/mol. The molecule has 1 N–H and O–H groups in total. The molecule has 1 amide bonds. The molecule has 3 rings (SSSR count). The van der Waals surface area contributed by atoms with Crippen LogP contribution in [0.15, 0.2) is 16.5 Å². The van der Waals surface area contributed by atoms with Crippen LogP contribution in [0.4, 0.5) is 5.69 Å². The van der Waals surface area contributed by atoms with Gasteiger partial charge in [0.1, 0.15) is 17.1 Å². The third-order valence-corrected chi connectivity index (χ3v) is 4.27. The van der Waals surface area contributed by atoms with Crippen molar-refractivity contribution in [2.24, 2.45) is 0 Å². The lowest BCUT2D eigenvalue weighted by Crippen LogP contribution is -2.22. The van der Waals surface area contributed by atoms with Gasteiger partial charge in [0, 0.05) is 17.2 Å². The smallest absolute Gasteiger partial charge is 0.342 e. The third kappa shape index (κ3) is 3.64. The number of Topliss-reactive ketones (excluding diaryl/α,β-unsaturated/α-hetero) is 1. The van der Waals surface area contributed by atoms with E-state index in [1.54, 1.807) is 20.8 Å². The van der Waals surface area contributed by atoms with E-state index in [4.69, 9.17) is 18.6 Å². The molecule has 1 aliphatic rings. The van der Waals surface area contributed by atoms with Crippen LogP contribution in [-0.4, -0.2) is 31.1 Å². The number of rotatable bonds is 5. The van der Waals surface area contributed by atoms with Gasteiger partial charge in [-0.25, -0.2) is 4.79 Å². The maximum atomic E-state index is 12.2. The molecule has 1 aromatic heterocycles. The Morgan fingerprint density at radius 3 is 2.33 bits per heavy atom. The third-order valence-electron chi connectivity index (χ3n) is 4.27. The second kappa shape index (κ2) is 7.14. The zero-order chi connectivity index (χ0) is 19.7.